The van der Waals surface area contributed by atoms with E-state index in [-0.39, 0.29) is 11.1 Å². The molecule has 2 fully saturated rings. The van der Waals surface area contributed by atoms with Gasteiger partial charge < -0.3 is 24.2 Å². The van der Waals surface area contributed by atoms with E-state index in [1.807, 2.05) is 24.3 Å². The number of aromatic nitrogens is 3. The van der Waals surface area contributed by atoms with Crippen LogP contribution in [0.3, 0.4) is 0 Å². The predicted octanol–water partition coefficient (Wildman–Crippen LogP) is 4.80. The minimum absolute atomic E-state index is 0.0702. The number of amides is 2. The molecule has 3 aromatic heterocycles. The molecule has 0 bridgehead atoms. The molecule has 1 unspecified atom stereocenters. The summed E-state index contributed by atoms with van der Waals surface area (Å²) in [6.07, 6.45) is 4.82. The summed E-state index contributed by atoms with van der Waals surface area (Å²) in [7, 11) is -2.07. The molecule has 2 saturated heterocycles. The van der Waals surface area contributed by atoms with Crippen molar-refractivity contribution in [2.45, 2.75) is 57.0 Å². The molecule has 2 aliphatic rings. The summed E-state index contributed by atoms with van der Waals surface area (Å²) < 4.78 is 20.4. The zero-order valence-electron chi connectivity index (χ0n) is 21.6. The van der Waals surface area contributed by atoms with E-state index in [1.165, 1.54) is 0 Å². The molecule has 2 aliphatic heterocycles. The average molecular weight is 510 g/mol. The Kier molecular flexibility index (Phi) is 6.18. The molecular weight excluding hydrogens is 474 g/mol. The van der Waals surface area contributed by atoms with E-state index in [9.17, 15) is 4.79 Å². The van der Waals surface area contributed by atoms with Crippen LogP contribution in [0.4, 0.5) is 10.6 Å². The number of hydrogen-bond donors (Lipinski definition) is 2. The molecule has 192 valence electrons. The number of nitrogens with two attached hydrogens (primary N) is 1. The van der Waals surface area contributed by atoms with E-state index in [1.54, 1.807) is 6.20 Å². The number of primary amides is 1. The van der Waals surface area contributed by atoms with Crippen molar-refractivity contribution in [1.29, 1.82) is 0 Å². The van der Waals surface area contributed by atoms with Crippen LogP contribution in [-0.4, -0.2) is 55.3 Å². The predicted molar refractivity (Wildman–Crippen MR) is 141 cm³/mol. The third kappa shape index (κ3) is 4.43. The van der Waals surface area contributed by atoms with Gasteiger partial charge in [0.1, 0.15) is 11.4 Å². The zero-order chi connectivity index (χ0) is 25.7. The lowest BCUT2D eigenvalue weighted by atomic mass is 9.96. The summed E-state index contributed by atoms with van der Waals surface area (Å²) >= 11 is 0. The van der Waals surface area contributed by atoms with Crippen molar-refractivity contribution in [3.05, 3.63) is 42.4 Å². The van der Waals surface area contributed by atoms with Gasteiger partial charge in [0.05, 0.1) is 49.0 Å². The van der Waals surface area contributed by atoms with Gasteiger partial charge >= 0.3 is 6.03 Å². The summed E-state index contributed by atoms with van der Waals surface area (Å²) in [5.41, 5.74) is 8.43. The van der Waals surface area contributed by atoms with Crippen molar-refractivity contribution in [2.75, 3.05) is 31.7 Å². The Hall–Kier alpha value is -2.79. The van der Waals surface area contributed by atoms with Gasteiger partial charge in [0, 0.05) is 23.8 Å². The summed E-state index contributed by atoms with van der Waals surface area (Å²) in [6.45, 7) is 13.6. The lowest BCUT2D eigenvalue weighted by Gasteiger charge is -2.49. The quantitative estimate of drug-likeness (QED) is 0.462. The van der Waals surface area contributed by atoms with Gasteiger partial charge in [-0.05, 0) is 42.8 Å². The number of nitrogens with zero attached hydrogens (tertiary/aromatic N) is 3. The van der Waals surface area contributed by atoms with Gasteiger partial charge in [0.2, 0.25) is 0 Å². The molecule has 0 aliphatic carbocycles. The van der Waals surface area contributed by atoms with Gasteiger partial charge in [-0.15, -0.1) is 0 Å². The van der Waals surface area contributed by atoms with Crippen LogP contribution in [-0.2, 0) is 19.5 Å². The number of ether oxygens (including phenoxy) is 2. The summed E-state index contributed by atoms with van der Waals surface area (Å²) in [4.78, 5) is 21.0. The Balaban J connectivity index is 1.59. The number of anilines is 1. The number of nitrogens with one attached hydrogen (secondary N) is 1. The van der Waals surface area contributed by atoms with Gasteiger partial charge in [0.25, 0.3) is 0 Å². The third-order valence-corrected chi connectivity index (χ3v) is 12.2. The highest BCUT2D eigenvalue weighted by atomic mass is 28.4. The fourth-order valence-electron chi connectivity index (χ4n) is 4.62. The third-order valence-electron chi connectivity index (χ3n) is 7.69. The fraction of sp³-hybridized carbons (Fsp3) is 0.500. The Morgan fingerprint density at radius 2 is 2.06 bits per heavy atom. The largest absolute Gasteiger partial charge is 0.402 e. The molecule has 0 radical (unpaired) electrons. The molecule has 0 aromatic carbocycles. The Bertz CT molecular complexity index is 1290. The molecule has 3 N–H and O–H groups in total. The molecule has 3 aromatic rings. The average Bonchev–Trinajstić information content (AvgIpc) is 3.43. The van der Waals surface area contributed by atoms with E-state index in [0.29, 0.717) is 25.6 Å². The topological polar surface area (TPSA) is 114 Å². The highest BCUT2D eigenvalue weighted by Crippen LogP contribution is 2.45. The van der Waals surface area contributed by atoms with Crippen LogP contribution in [0.5, 0.6) is 0 Å². The van der Waals surface area contributed by atoms with Crippen molar-refractivity contribution in [2.24, 2.45) is 5.73 Å². The minimum Gasteiger partial charge on any atom is -0.402 e. The lowest BCUT2D eigenvalue weighted by molar-refractivity contribution is -0.176. The van der Waals surface area contributed by atoms with Gasteiger partial charge in [-0.1, -0.05) is 26.8 Å². The van der Waals surface area contributed by atoms with E-state index >= 15 is 0 Å². The molecule has 10 heteroatoms. The molecule has 0 saturated carbocycles. The Morgan fingerprint density at radius 1 is 1.28 bits per heavy atom. The highest BCUT2D eigenvalue weighted by molar-refractivity contribution is 6.74. The first-order chi connectivity index (χ1) is 17.0. The standard InChI is InChI=1S/C26H35N5O4Si/c1-25(2,3)36(4,5)35-26(15-34-16-26)22-8-6-7-20(29-22)19-13-31(17-9-10-33-14-17)21-12-28-23(11-18(19)21)30-24(27)32/h6-8,11-13,17H,9-10,14-16H2,1-5H3,(H3,27,28,30,32). The number of rotatable bonds is 6. The number of hydrogen-bond acceptors (Lipinski definition) is 6. The van der Waals surface area contributed by atoms with Crippen molar-refractivity contribution in [1.82, 2.24) is 14.5 Å². The first kappa shape index (κ1) is 24.9. The monoisotopic (exact) mass is 509 g/mol. The maximum atomic E-state index is 11.5. The molecule has 5 heterocycles. The summed E-state index contributed by atoms with van der Waals surface area (Å²) in [5.74, 6) is 0.401. The van der Waals surface area contributed by atoms with E-state index in [0.717, 1.165) is 40.9 Å². The molecule has 5 rings (SSSR count). The van der Waals surface area contributed by atoms with Crippen LogP contribution in [0.1, 0.15) is 38.9 Å². The van der Waals surface area contributed by atoms with Gasteiger partial charge in [0.15, 0.2) is 8.32 Å². The van der Waals surface area contributed by atoms with Gasteiger partial charge in [-0.3, -0.25) is 5.32 Å². The van der Waals surface area contributed by atoms with Crippen molar-refractivity contribution < 1.29 is 18.7 Å². The van der Waals surface area contributed by atoms with Crippen LogP contribution < -0.4 is 11.1 Å². The number of carbonyl (C=O) groups is 1. The van der Waals surface area contributed by atoms with Crippen LogP contribution in [0, 0.1) is 0 Å². The van der Waals surface area contributed by atoms with Crippen LogP contribution >= 0.6 is 0 Å². The SMILES string of the molecule is CC(C)(C)[Si](C)(C)OC1(c2cccc(-c3cn(C4CCOC4)c4cnc(NC(N)=O)cc34)n2)COC1. The van der Waals surface area contributed by atoms with E-state index in [2.05, 4.69) is 54.9 Å². The molecule has 1 atom stereocenters. The Labute approximate surface area is 212 Å². The molecule has 2 amide bonds. The first-order valence-corrected chi connectivity index (χ1v) is 15.3. The second kappa shape index (κ2) is 8.95. The lowest BCUT2D eigenvalue weighted by Crippen LogP contribution is -2.57. The number of pyridine rings is 2. The molecular formula is C26H35N5O4Si. The number of fused-ring (bicyclic) bond motifs is 1. The van der Waals surface area contributed by atoms with Gasteiger partial charge in [-0.25, -0.2) is 14.8 Å². The fourth-order valence-corrected chi connectivity index (χ4v) is 6.12. The molecule has 36 heavy (non-hydrogen) atoms. The second-order valence-corrected chi connectivity index (χ2v) is 16.0. The number of urea groups is 1. The van der Waals surface area contributed by atoms with Crippen molar-refractivity contribution in [3.63, 3.8) is 0 Å². The van der Waals surface area contributed by atoms with Gasteiger partial charge in [-0.2, -0.15) is 0 Å². The van der Waals surface area contributed by atoms with Crippen LogP contribution in [0.2, 0.25) is 18.1 Å². The maximum Gasteiger partial charge on any atom is 0.317 e. The molecule has 9 nitrogen and oxygen atoms in total. The van der Waals surface area contributed by atoms with Crippen LogP contribution in [0.15, 0.2) is 36.7 Å². The number of carbonyl (C=O) groups excluding carboxylic acids is 1. The highest BCUT2D eigenvalue weighted by Gasteiger charge is 2.50. The summed E-state index contributed by atoms with van der Waals surface area (Å²) in [6, 6.07) is 7.49. The van der Waals surface area contributed by atoms with Crippen LogP contribution in [0.25, 0.3) is 22.2 Å². The second-order valence-electron chi connectivity index (χ2n) is 11.3. The van der Waals surface area contributed by atoms with Crippen molar-refractivity contribution >= 4 is 31.1 Å². The Morgan fingerprint density at radius 3 is 2.67 bits per heavy atom. The molecule has 0 spiro atoms. The van der Waals surface area contributed by atoms with E-state index in [4.69, 9.17) is 24.6 Å². The smallest absolute Gasteiger partial charge is 0.317 e. The maximum absolute atomic E-state index is 11.5. The summed E-state index contributed by atoms with van der Waals surface area (Å²) in [5, 5.41) is 3.60. The van der Waals surface area contributed by atoms with Crippen molar-refractivity contribution in [3.8, 4) is 11.3 Å². The zero-order valence-corrected chi connectivity index (χ0v) is 22.6. The minimum atomic E-state index is -2.07. The van der Waals surface area contributed by atoms with E-state index < -0.39 is 19.9 Å². The first-order valence-electron chi connectivity index (χ1n) is 12.4. The normalized spacial score (nSPS) is 19.9.